The topological polar surface area (TPSA) is 60.0 Å². The van der Waals surface area contributed by atoms with Crippen LogP contribution in [0.2, 0.25) is 0 Å². The van der Waals surface area contributed by atoms with Crippen molar-refractivity contribution in [2.75, 3.05) is 41.0 Å². The van der Waals surface area contributed by atoms with E-state index in [2.05, 4.69) is 12.2 Å². The molecule has 1 fully saturated rings. The fraction of sp³-hybridized carbons (Fsp3) is 0.611. The summed E-state index contributed by atoms with van der Waals surface area (Å²) in [7, 11) is 4.79. The van der Waals surface area contributed by atoms with Crippen LogP contribution in [0.15, 0.2) is 12.1 Å². The Morgan fingerprint density at radius 2 is 1.96 bits per heavy atom. The minimum absolute atomic E-state index is 0.0148. The lowest BCUT2D eigenvalue weighted by atomic mass is 10.0. The van der Waals surface area contributed by atoms with Crippen molar-refractivity contribution in [1.29, 1.82) is 0 Å². The molecule has 1 aromatic carbocycles. The molecule has 0 aliphatic carbocycles. The number of likely N-dealkylation sites (tertiary alicyclic amines) is 1. The van der Waals surface area contributed by atoms with Gasteiger partial charge in [0.15, 0.2) is 11.5 Å². The van der Waals surface area contributed by atoms with Gasteiger partial charge in [0.05, 0.1) is 21.3 Å². The van der Waals surface area contributed by atoms with Crippen LogP contribution in [0.25, 0.3) is 0 Å². The third-order valence-corrected chi connectivity index (χ3v) is 4.40. The number of rotatable bonds is 6. The molecule has 1 atom stereocenters. The van der Waals surface area contributed by atoms with Crippen LogP contribution in [0.5, 0.6) is 17.2 Å². The minimum atomic E-state index is 0.0148. The van der Waals surface area contributed by atoms with Crippen LogP contribution in [0.1, 0.15) is 25.3 Å². The molecule has 0 unspecified atom stereocenters. The summed E-state index contributed by atoms with van der Waals surface area (Å²) in [5, 5.41) is 3.00. The Kier molecular flexibility index (Phi) is 6.58. The van der Waals surface area contributed by atoms with Crippen molar-refractivity contribution in [1.82, 2.24) is 10.2 Å². The van der Waals surface area contributed by atoms with Crippen molar-refractivity contribution in [3.8, 4) is 17.2 Å². The summed E-state index contributed by atoms with van der Waals surface area (Å²) < 4.78 is 16.1. The van der Waals surface area contributed by atoms with Crippen LogP contribution < -0.4 is 19.5 Å². The first-order valence-corrected chi connectivity index (χ1v) is 8.41. The summed E-state index contributed by atoms with van der Waals surface area (Å²) in [6.07, 6.45) is 2.95. The van der Waals surface area contributed by atoms with Gasteiger partial charge in [-0.3, -0.25) is 0 Å². The lowest BCUT2D eigenvalue weighted by molar-refractivity contribution is 0.170. The lowest BCUT2D eigenvalue weighted by Crippen LogP contribution is -2.45. The second-order valence-corrected chi connectivity index (χ2v) is 6.17. The number of amides is 2. The van der Waals surface area contributed by atoms with E-state index in [0.717, 1.165) is 25.1 Å². The van der Waals surface area contributed by atoms with Gasteiger partial charge < -0.3 is 24.4 Å². The Balaban J connectivity index is 1.95. The van der Waals surface area contributed by atoms with Crippen LogP contribution >= 0.6 is 0 Å². The van der Waals surface area contributed by atoms with Gasteiger partial charge in [0.25, 0.3) is 0 Å². The van der Waals surface area contributed by atoms with Gasteiger partial charge in [-0.15, -0.1) is 0 Å². The molecule has 1 heterocycles. The molecule has 0 bridgehead atoms. The second-order valence-electron chi connectivity index (χ2n) is 6.17. The van der Waals surface area contributed by atoms with E-state index in [1.54, 1.807) is 21.3 Å². The molecule has 1 aliphatic rings. The molecule has 0 aromatic heterocycles. The molecule has 6 heteroatoms. The number of ether oxygens (including phenoxy) is 3. The number of piperidine rings is 1. The predicted octanol–water partition coefficient (Wildman–Crippen LogP) is 2.70. The zero-order chi connectivity index (χ0) is 17.5. The van der Waals surface area contributed by atoms with Crippen molar-refractivity contribution < 1.29 is 19.0 Å². The second kappa shape index (κ2) is 8.66. The monoisotopic (exact) mass is 336 g/mol. The van der Waals surface area contributed by atoms with Crippen molar-refractivity contribution in [2.45, 2.75) is 26.2 Å². The summed E-state index contributed by atoms with van der Waals surface area (Å²) in [6, 6.07) is 3.81. The SMILES string of the molecule is COc1ccc(CCNC(=O)N2CCC[C@@H](C)C2)c(OC)c1OC. The summed E-state index contributed by atoms with van der Waals surface area (Å²) >= 11 is 0. The summed E-state index contributed by atoms with van der Waals surface area (Å²) in [6.45, 7) is 4.42. The Labute approximate surface area is 144 Å². The number of methoxy groups -OCH3 is 3. The molecule has 0 spiro atoms. The zero-order valence-corrected chi connectivity index (χ0v) is 15.1. The zero-order valence-electron chi connectivity index (χ0n) is 15.1. The van der Waals surface area contributed by atoms with Gasteiger partial charge in [0.2, 0.25) is 5.75 Å². The number of carbonyl (C=O) groups is 1. The number of nitrogens with zero attached hydrogens (tertiary/aromatic N) is 1. The van der Waals surface area contributed by atoms with Crippen molar-refractivity contribution in [2.24, 2.45) is 5.92 Å². The molecule has 6 nitrogen and oxygen atoms in total. The highest BCUT2D eigenvalue weighted by Gasteiger charge is 2.21. The summed E-state index contributed by atoms with van der Waals surface area (Å²) in [5.74, 6) is 2.44. The van der Waals surface area contributed by atoms with Crippen molar-refractivity contribution in [3.05, 3.63) is 17.7 Å². The van der Waals surface area contributed by atoms with Gasteiger partial charge in [-0.2, -0.15) is 0 Å². The van der Waals surface area contributed by atoms with Crippen LogP contribution in [0, 0.1) is 5.92 Å². The molecular formula is C18H28N2O4. The van der Waals surface area contributed by atoms with E-state index in [4.69, 9.17) is 14.2 Å². The molecular weight excluding hydrogens is 308 g/mol. The maximum Gasteiger partial charge on any atom is 0.317 e. The van der Waals surface area contributed by atoms with Crippen LogP contribution in [0.3, 0.4) is 0 Å². The van der Waals surface area contributed by atoms with Crippen molar-refractivity contribution >= 4 is 6.03 Å². The third kappa shape index (κ3) is 4.24. The summed E-state index contributed by atoms with van der Waals surface area (Å²) in [5.41, 5.74) is 0.975. The van der Waals surface area contributed by atoms with Crippen LogP contribution in [-0.4, -0.2) is 51.9 Å². The van der Waals surface area contributed by atoms with Crippen LogP contribution in [0.4, 0.5) is 4.79 Å². The molecule has 1 saturated heterocycles. The van der Waals surface area contributed by atoms with Crippen LogP contribution in [-0.2, 0) is 6.42 Å². The molecule has 2 rings (SSSR count). The smallest absolute Gasteiger partial charge is 0.317 e. The van der Waals surface area contributed by atoms with Gasteiger partial charge in [-0.25, -0.2) is 4.79 Å². The van der Waals surface area contributed by atoms with Gasteiger partial charge in [-0.1, -0.05) is 13.0 Å². The van der Waals surface area contributed by atoms with E-state index in [0.29, 0.717) is 36.1 Å². The molecule has 24 heavy (non-hydrogen) atoms. The number of urea groups is 1. The molecule has 0 radical (unpaired) electrons. The Hall–Kier alpha value is -2.11. The third-order valence-electron chi connectivity index (χ3n) is 4.40. The largest absolute Gasteiger partial charge is 0.493 e. The minimum Gasteiger partial charge on any atom is -0.493 e. The molecule has 1 aromatic rings. The first-order valence-electron chi connectivity index (χ1n) is 8.41. The standard InChI is InChI=1S/C18H28N2O4/c1-13-6-5-11-20(12-13)18(21)19-10-9-14-7-8-15(22-2)17(24-4)16(14)23-3/h7-8,13H,5-6,9-12H2,1-4H3,(H,19,21)/t13-/m1/s1. The molecule has 1 aliphatic heterocycles. The average molecular weight is 336 g/mol. The van der Waals surface area contributed by atoms with Gasteiger partial charge in [0, 0.05) is 25.2 Å². The predicted molar refractivity (Wildman–Crippen MR) is 93.2 cm³/mol. The first-order chi connectivity index (χ1) is 11.6. The van der Waals surface area contributed by atoms with Gasteiger partial charge in [-0.05, 0) is 31.2 Å². The highest BCUT2D eigenvalue weighted by molar-refractivity contribution is 5.74. The van der Waals surface area contributed by atoms with E-state index in [1.807, 2.05) is 17.0 Å². The number of benzene rings is 1. The Bertz CT molecular complexity index is 562. The Morgan fingerprint density at radius 1 is 1.21 bits per heavy atom. The van der Waals surface area contributed by atoms with E-state index in [9.17, 15) is 4.79 Å². The fourth-order valence-corrected chi connectivity index (χ4v) is 3.15. The average Bonchev–Trinajstić information content (AvgIpc) is 2.60. The highest BCUT2D eigenvalue weighted by atomic mass is 16.5. The van der Waals surface area contributed by atoms with Gasteiger partial charge in [0.1, 0.15) is 0 Å². The number of hydrogen-bond donors (Lipinski definition) is 1. The highest BCUT2D eigenvalue weighted by Crippen LogP contribution is 2.39. The maximum atomic E-state index is 12.3. The molecule has 134 valence electrons. The first kappa shape index (κ1) is 18.2. The quantitative estimate of drug-likeness (QED) is 0.868. The van der Waals surface area contributed by atoms with E-state index in [1.165, 1.54) is 6.42 Å². The molecule has 2 amide bonds. The maximum absolute atomic E-state index is 12.3. The van der Waals surface area contributed by atoms with E-state index >= 15 is 0 Å². The van der Waals surface area contributed by atoms with Crippen molar-refractivity contribution in [3.63, 3.8) is 0 Å². The normalized spacial score (nSPS) is 17.3. The van der Waals surface area contributed by atoms with E-state index < -0.39 is 0 Å². The van der Waals surface area contributed by atoms with E-state index in [-0.39, 0.29) is 6.03 Å². The number of hydrogen-bond acceptors (Lipinski definition) is 4. The Morgan fingerprint density at radius 3 is 2.58 bits per heavy atom. The number of nitrogens with one attached hydrogen (secondary N) is 1. The fourth-order valence-electron chi connectivity index (χ4n) is 3.15. The summed E-state index contributed by atoms with van der Waals surface area (Å²) in [4.78, 5) is 14.2. The number of carbonyl (C=O) groups excluding carboxylic acids is 1. The molecule has 0 saturated carbocycles. The molecule has 1 N–H and O–H groups in total. The van der Waals surface area contributed by atoms with Gasteiger partial charge >= 0.3 is 6.03 Å². The lowest BCUT2D eigenvalue weighted by Gasteiger charge is -2.31.